The van der Waals surface area contributed by atoms with E-state index >= 15 is 0 Å². The molecule has 0 aliphatic rings. The van der Waals surface area contributed by atoms with Crippen LogP contribution >= 0.6 is 50.9 Å². The van der Waals surface area contributed by atoms with Gasteiger partial charge in [0.05, 0.1) is 21.5 Å². The molecule has 5 nitrogen and oxygen atoms in total. The summed E-state index contributed by atoms with van der Waals surface area (Å²) in [5.74, 6) is 0.652. The molecule has 3 rings (SSSR count). The molecule has 0 bridgehead atoms. The summed E-state index contributed by atoms with van der Waals surface area (Å²) in [6.45, 7) is 4.33. The third-order valence-corrected chi connectivity index (χ3v) is 6.00. The molecule has 1 heterocycles. The van der Waals surface area contributed by atoms with Gasteiger partial charge in [0.1, 0.15) is 0 Å². The van der Waals surface area contributed by atoms with E-state index in [0.29, 0.717) is 33.3 Å². The van der Waals surface area contributed by atoms with Gasteiger partial charge in [-0.3, -0.25) is 9.36 Å². The molecule has 0 spiro atoms. The SMILES string of the molecule is C=CCn1c(SCC(=O)Nc2cccc(Cl)c2Cl)nnc1-c1ccc(Br)cc1. The van der Waals surface area contributed by atoms with Crippen LogP contribution in [0, 0.1) is 0 Å². The van der Waals surface area contributed by atoms with Gasteiger partial charge in [-0.15, -0.1) is 16.8 Å². The van der Waals surface area contributed by atoms with E-state index in [2.05, 4.69) is 38.0 Å². The predicted molar refractivity (Wildman–Crippen MR) is 119 cm³/mol. The molecule has 28 heavy (non-hydrogen) atoms. The van der Waals surface area contributed by atoms with Crippen molar-refractivity contribution >= 4 is 62.5 Å². The summed E-state index contributed by atoms with van der Waals surface area (Å²) in [4.78, 5) is 12.3. The molecule has 0 unspecified atom stereocenters. The summed E-state index contributed by atoms with van der Waals surface area (Å²) in [7, 11) is 0. The Morgan fingerprint density at radius 2 is 1.96 bits per heavy atom. The van der Waals surface area contributed by atoms with E-state index in [1.807, 2.05) is 28.8 Å². The first-order chi connectivity index (χ1) is 13.5. The van der Waals surface area contributed by atoms with Crippen molar-refractivity contribution in [3.05, 3.63) is 69.6 Å². The zero-order chi connectivity index (χ0) is 20.1. The van der Waals surface area contributed by atoms with Gasteiger partial charge in [-0.2, -0.15) is 0 Å². The number of carbonyl (C=O) groups excluding carboxylic acids is 1. The summed E-state index contributed by atoms with van der Waals surface area (Å²) in [6.07, 6.45) is 1.77. The third kappa shape index (κ3) is 4.97. The van der Waals surface area contributed by atoms with E-state index in [0.717, 1.165) is 10.0 Å². The van der Waals surface area contributed by atoms with Crippen molar-refractivity contribution in [3.63, 3.8) is 0 Å². The molecular weight excluding hydrogens is 483 g/mol. The number of benzene rings is 2. The number of nitrogens with zero attached hydrogens (tertiary/aromatic N) is 3. The molecule has 0 atom stereocenters. The molecule has 0 saturated heterocycles. The predicted octanol–water partition coefficient (Wildman–Crippen LogP) is 5.93. The third-order valence-electron chi connectivity index (χ3n) is 3.69. The first-order valence-electron chi connectivity index (χ1n) is 8.16. The van der Waals surface area contributed by atoms with Gasteiger partial charge in [-0.25, -0.2) is 0 Å². The highest BCUT2D eigenvalue weighted by Gasteiger charge is 2.15. The fourth-order valence-electron chi connectivity index (χ4n) is 2.42. The Kier molecular flexibility index (Phi) is 7.18. The number of nitrogens with one attached hydrogen (secondary N) is 1. The minimum absolute atomic E-state index is 0.151. The summed E-state index contributed by atoms with van der Waals surface area (Å²) in [5, 5.41) is 12.6. The van der Waals surface area contributed by atoms with Crippen LogP contribution in [0.25, 0.3) is 11.4 Å². The lowest BCUT2D eigenvalue weighted by Crippen LogP contribution is -2.15. The number of allylic oxidation sites excluding steroid dienone is 1. The normalized spacial score (nSPS) is 10.7. The van der Waals surface area contributed by atoms with Gasteiger partial charge in [0.25, 0.3) is 0 Å². The van der Waals surface area contributed by atoms with Crippen molar-refractivity contribution < 1.29 is 4.79 Å². The van der Waals surface area contributed by atoms with Crippen molar-refractivity contribution in [2.45, 2.75) is 11.7 Å². The average molecular weight is 498 g/mol. The maximum Gasteiger partial charge on any atom is 0.234 e. The van der Waals surface area contributed by atoms with Crippen molar-refractivity contribution in [2.24, 2.45) is 0 Å². The van der Waals surface area contributed by atoms with Gasteiger partial charge >= 0.3 is 0 Å². The minimum atomic E-state index is -0.215. The van der Waals surface area contributed by atoms with Crippen molar-refractivity contribution in [3.8, 4) is 11.4 Å². The summed E-state index contributed by atoms with van der Waals surface area (Å²) in [6, 6.07) is 12.9. The Labute approximate surface area is 185 Å². The standard InChI is InChI=1S/C19H15BrCl2N4OS/c1-2-10-26-18(12-6-8-13(20)9-7-12)24-25-19(26)28-11-16(27)23-15-5-3-4-14(21)17(15)22/h2-9H,1,10-11H2,(H,23,27). The number of hydrogen-bond acceptors (Lipinski definition) is 4. The first-order valence-corrected chi connectivity index (χ1v) is 10.7. The van der Waals surface area contributed by atoms with Crippen molar-refractivity contribution in [2.75, 3.05) is 11.1 Å². The highest BCUT2D eigenvalue weighted by Crippen LogP contribution is 2.30. The minimum Gasteiger partial charge on any atom is -0.324 e. The Morgan fingerprint density at radius 1 is 1.21 bits per heavy atom. The van der Waals surface area contributed by atoms with Crippen LogP contribution in [0.2, 0.25) is 10.0 Å². The van der Waals surface area contributed by atoms with Crippen LogP contribution in [0.4, 0.5) is 5.69 Å². The van der Waals surface area contributed by atoms with E-state index in [1.54, 1.807) is 24.3 Å². The number of carbonyl (C=O) groups is 1. The lowest BCUT2D eigenvalue weighted by molar-refractivity contribution is -0.113. The number of halogens is 3. The largest absolute Gasteiger partial charge is 0.324 e. The lowest BCUT2D eigenvalue weighted by Gasteiger charge is -2.09. The van der Waals surface area contributed by atoms with E-state index in [9.17, 15) is 4.79 Å². The Hall–Kier alpha value is -1.80. The van der Waals surface area contributed by atoms with E-state index in [1.165, 1.54) is 11.8 Å². The molecule has 1 N–H and O–H groups in total. The van der Waals surface area contributed by atoms with E-state index in [4.69, 9.17) is 23.2 Å². The molecule has 0 aliphatic carbocycles. The van der Waals surface area contributed by atoms with Crippen LogP contribution in [0.3, 0.4) is 0 Å². The fraction of sp³-hybridized carbons (Fsp3) is 0.105. The van der Waals surface area contributed by atoms with Crippen LogP contribution in [0.1, 0.15) is 0 Å². The van der Waals surface area contributed by atoms with Gasteiger partial charge in [-0.1, -0.05) is 75.2 Å². The number of anilines is 1. The summed E-state index contributed by atoms with van der Waals surface area (Å²) in [5.41, 5.74) is 1.41. The highest BCUT2D eigenvalue weighted by atomic mass is 79.9. The number of aromatic nitrogens is 3. The fourth-order valence-corrected chi connectivity index (χ4v) is 3.78. The number of thioether (sulfide) groups is 1. The second-order valence-corrected chi connectivity index (χ2v) is 8.29. The molecule has 0 aliphatic heterocycles. The molecule has 0 radical (unpaired) electrons. The Morgan fingerprint density at radius 3 is 2.68 bits per heavy atom. The maximum atomic E-state index is 12.3. The summed E-state index contributed by atoms with van der Waals surface area (Å²) < 4.78 is 2.90. The van der Waals surface area contributed by atoms with Gasteiger partial charge < -0.3 is 5.32 Å². The van der Waals surface area contributed by atoms with Crippen LogP contribution < -0.4 is 5.32 Å². The number of amides is 1. The van der Waals surface area contributed by atoms with E-state index < -0.39 is 0 Å². The van der Waals surface area contributed by atoms with Gasteiger partial charge in [-0.05, 0) is 24.3 Å². The van der Waals surface area contributed by atoms with Crippen LogP contribution in [-0.2, 0) is 11.3 Å². The molecule has 9 heteroatoms. The van der Waals surface area contributed by atoms with Gasteiger partial charge in [0.2, 0.25) is 5.91 Å². The highest BCUT2D eigenvalue weighted by molar-refractivity contribution is 9.10. The van der Waals surface area contributed by atoms with E-state index in [-0.39, 0.29) is 11.7 Å². The quantitative estimate of drug-likeness (QED) is 0.324. The smallest absolute Gasteiger partial charge is 0.234 e. The Bertz CT molecular complexity index is 1010. The monoisotopic (exact) mass is 496 g/mol. The molecular formula is C19H15BrCl2N4OS. The molecule has 2 aromatic carbocycles. The molecule has 0 saturated carbocycles. The second-order valence-electron chi connectivity index (χ2n) is 5.65. The zero-order valence-corrected chi connectivity index (χ0v) is 18.4. The molecule has 144 valence electrons. The van der Waals surface area contributed by atoms with Crippen LogP contribution in [0.15, 0.2) is 64.7 Å². The topological polar surface area (TPSA) is 59.8 Å². The average Bonchev–Trinajstić information content (AvgIpc) is 3.07. The molecule has 1 amide bonds. The molecule has 1 aromatic heterocycles. The molecule has 0 fully saturated rings. The van der Waals surface area contributed by atoms with Crippen LogP contribution in [0.5, 0.6) is 0 Å². The Balaban J connectivity index is 1.73. The first kappa shape index (κ1) is 20.9. The molecule has 3 aromatic rings. The van der Waals surface area contributed by atoms with Crippen LogP contribution in [-0.4, -0.2) is 26.4 Å². The summed E-state index contributed by atoms with van der Waals surface area (Å²) >= 11 is 16.8. The lowest BCUT2D eigenvalue weighted by atomic mass is 10.2. The number of rotatable bonds is 7. The van der Waals surface area contributed by atoms with Crippen molar-refractivity contribution in [1.29, 1.82) is 0 Å². The van der Waals surface area contributed by atoms with Gasteiger partial charge in [0, 0.05) is 16.6 Å². The second kappa shape index (κ2) is 9.60. The number of hydrogen-bond donors (Lipinski definition) is 1. The zero-order valence-electron chi connectivity index (χ0n) is 14.5. The maximum absolute atomic E-state index is 12.3. The van der Waals surface area contributed by atoms with Crippen molar-refractivity contribution in [1.82, 2.24) is 14.8 Å². The van der Waals surface area contributed by atoms with Gasteiger partial charge in [0.15, 0.2) is 11.0 Å².